The van der Waals surface area contributed by atoms with Crippen molar-refractivity contribution < 1.29 is 29.6 Å². The maximum Gasteiger partial charge on any atom is 0.411 e. The van der Waals surface area contributed by atoms with E-state index in [9.17, 15) is 20.1 Å². The van der Waals surface area contributed by atoms with Gasteiger partial charge in [0.2, 0.25) is 0 Å². The Morgan fingerprint density at radius 2 is 1.10 bits per heavy atom. The molecule has 0 unspecified atom stereocenters. The molecule has 1 aliphatic rings. The van der Waals surface area contributed by atoms with E-state index in [2.05, 4.69) is 13.8 Å². The third-order valence-corrected chi connectivity index (χ3v) is 8.47. The number of nitrogens with two attached hydrogens (primary N) is 1. The van der Waals surface area contributed by atoms with Crippen molar-refractivity contribution in [1.82, 2.24) is 4.90 Å². The molecular formula is C33H66N2O6. The molecule has 0 radical (unpaired) electrons. The van der Waals surface area contributed by atoms with Gasteiger partial charge in [-0.3, -0.25) is 4.90 Å². The second-order valence-corrected chi connectivity index (χ2v) is 12.2. The van der Waals surface area contributed by atoms with Crippen molar-refractivity contribution in [2.45, 2.75) is 186 Å². The lowest BCUT2D eigenvalue weighted by atomic mass is 9.96. The summed E-state index contributed by atoms with van der Waals surface area (Å²) in [6.45, 7) is 4.75. The van der Waals surface area contributed by atoms with Crippen LogP contribution in [0.15, 0.2) is 0 Å². The first-order chi connectivity index (χ1) is 20.0. The first kappa shape index (κ1) is 38.1. The van der Waals surface area contributed by atoms with E-state index in [1.54, 1.807) is 0 Å². The Balaban J connectivity index is 2.41. The van der Waals surface area contributed by atoms with Crippen molar-refractivity contribution in [3.05, 3.63) is 0 Å². The molecule has 1 heterocycles. The topological polar surface area (TPSA) is 125 Å². The smallest absolute Gasteiger partial charge is 0.411 e. The molecule has 0 aliphatic carbocycles. The number of ether oxygens (including phenoxy) is 2. The number of hydrogen-bond donors (Lipinski definition) is 4. The standard InChI is InChI=1S/C33H66N2O6/c1-3-5-7-9-11-13-15-16-17-19-21-23-25-35(32-29(34)31(38)30(37)28(27-36)41-32)33(39)40-26-24-22-20-18-14-12-10-8-6-4-2/h28-32,36-38H,3-27,34H2,1-2H3/t28-,29-,30-,31-,32-/m1/s1. The molecule has 1 saturated heterocycles. The van der Waals surface area contributed by atoms with Crippen LogP contribution in [0.25, 0.3) is 0 Å². The summed E-state index contributed by atoms with van der Waals surface area (Å²) in [5.74, 6) is 0. The summed E-state index contributed by atoms with van der Waals surface area (Å²) >= 11 is 0. The highest BCUT2D eigenvalue weighted by molar-refractivity contribution is 5.68. The molecule has 8 heteroatoms. The Morgan fingerprint density at radius 3 is 1.54 bits per heavy atom. The molecule has 8 nitrogen and oxygen atoms in total. The fraction of sp³-hybridized carbons (Fsp3) is 0.970. The summed E-state index contributed by atoms with van der Waals surface area (Å²) < 4.78 is 11.4. The van der Waals surface area contributed by atoms with Crippen molar-refractivity contribution in [3.63, 3.8) is 0 Å². The molecule has 5 atom stereocenters. The summed E-state index contributed by atoms with van der Waals surface area (Å²) in [7, 11) is 0. The van der Waals surface area contributed by atoms with Crippen LogP contribution in [-0.4, -0.2) is 76.7 Å². The molecule has 1 fully saturated rings. The predicted octanol–water partition coefficient (Wildman–Crippen LogP) is 6.81. The number of rotatable bonds is 26. The van der Waals surface area contributed by atoms with Crippen LogP contribution in [-0.2, 0) is 9.47 Å². The van der Waals surface area contributed by atoms with Crippen LogP contribution in [0.3, 0.4) is 0 Å². The van der Waals surface area contributed by atoms with Gasteiger partial charge < -0.3 is 30.5 Å². The zero-order valence-electron chi connectivity index (χ0n) is 26.7. The van der Waals surface area contributed by atoms with Crippen LogP contribution in [0.1, 0.15) is 155 Å². The lowest BCUT2D eigenvalue weighted by molar-refractivity contribution is -0.221. The monoisotopic (exact) mass is 586 g/mol. The van der Waals surface area contributed by atoms with Crippen molar-refractivity contribution >= 4 is 6.09 Å². The molecule has 244 valence electrons. The predicted molar refractivity (Wildman–Crippen MR) is 167 cm³/mol. The second-order valence-electron chi connectivity index (χ2n) is 12.2. The average Bonchev–Trinajstić information content (AvgIpc) is 2.97. The zero-order valence-corrected chi connectivity index (χ0v) is 26.7. The third kappa shape index (κ3) is 17.1. The summed E-state index contributed by atoms with van der Waals surface area (Å²) in [6, 6.07) is -0.991. The van der Waals surface area contributed by atoms with Gasteiger partial charge in [0.15, 0.2) is 6.23 Å². The largest absolute Gasteiger partial charge is 0.449 e. The Labute approximate surface area is 251 Å². The molecule has 0 aromatic heterocycles. The average molecular weight is 587 g/mol. The summed E-state index contributed by atoms with van der Waals surface area (Å²) in [5, 5.41) is 30.3. The number of carbonyl (C=O) groups is 1. The number of unbranched alkanes of at least 4 members (excludes halogenated alkanes) is 20. The van der Waals surface area contributed by atoms with E-state index in [1.165, 1.54) is 108 Å². The summed E-state index contributed by atoms with van der Waals surface area (Å²) in [4.78, 5) is 14.6. The van der Waals surface area contributed by atoms with Crippen LogP contribution in [0.4, 0.5) is 4.79 Å². The number of carbonyl (C=O) groups excluding carboxylic acids is 1. The van der Waals surface area contributed by atoms with Crippen LogP contribution < -0.4 is 5.73 Å². The van der Waals surface area contributed by atoms with E-state index in [1.807, 2.05) is 0 Å². The first-order valence-electron chi connectivity index (χ1n) is 17.3. The number of amides is 1. The second kappa shape index (κ2) is 25.6. The van der Waals surface area contributed by atoms with Crippen LogP contribution in [0.5, 0.6) is 0 Å². The van der Waals surface area contributed by atoms with E-state index in [4.69, 9.17) is 15.2 Å². The Bertz CT molecular complexity index is 608. The molecule has 1 rings (SSSR count). The first-order valence-corrected chi connectivity index (χ1v) is 17.3. The van der Waals surface area contributed by atoms with Gasteiger partial charge in [0.05, 0.1) is 19.3 Å². The number of nitrogens with zero attached hydrogens (tertiary/aromatic N) is 1. The Kier molecular flexibility index (Phi) is 23.7. The Morgan fingerprint density at radius 1 is 0.683 bits per heavy atom. The molecule has 0 aromatic rings. The minimum absolute atomic E-state index is 0.334. The molecule has 41 heavy (non-hydrogen) atoms. The van der Waals surface area contributed by atoms with Gasteiger partial charge in [-0.15, -0.1) is 0 Å². The highest BCUT2D eigenvalue weighted by Gasteiger charge is 2.46. The minimum Gasteiger partial charge on any atom is -0.449 e. The van der Waals surface area contributed by atoms with Crippen LogP contribution in [0.2, 0.25) is 0 Å². The fourth-order valence-corrected chi connectivity index (χ4v) is 5.68. The Hall–Kier alpha value is -0.930. The molecule has 5 N–H and O–H groups in total. The third-order valence-electron chi connectivity index (χ3n) is 8.47. The fourth-order valence-electron chi connectivity index (χ4n) is 5.68. The molecule has 0 aromatic carbocycles. The minimum atomic E-state index is -1.30. The van der Waals surface area contributed by atoms with E-state index in [-0.39, 0.29) is 0 Å². The van der Waals surface area contributed by atoms with Crippen LogP contribution >= 0.6 is 0 Å². The molecule has 0 spiro atoms. The van der Waals surface area contributed by atoms with Crippen molar-refractivity contribution in [3.8, 4) is 0 Å². The van der Waals surface area contributed by atoms with Gasteiger partial charge in [0, 0.05) is 6.54 Å². The highest BCUT2D eigenvalue weighted by Crippen LogP contribution is 2.24. The van der Waals surface area contributed by atoms with Gasteiger partial charge in [-0.05, 0) is 12.8 Å². The van der Waals surface area contributed by atoms with E-state index in [0.29, 0.717) is 13.2 Å². The van der Waals surface area contributed by atoms with Gasteiger partial charge in [-0.2, -0.15) is 0 Å². The van der Waals surface area contributed by atoms with Gasteiger partial charge in [-0.25, -0.2) is 4.79 Å². The summed E-state index contributed by atoms with van der Waals surface area (Å²) in [6.07, 6.45) is 21.6. The van der Waals surface area contributed by atoms with E-state index < -0.39 is 43.3 Å². The highest BCUT2D eigenvalue weighted by atomic mass is 16.6. The molecule has 1 amide bonds. The molecular weight excluding hydrogens is 520 g/mol. The van der Waals surface area contributed by atoms with E-state index >= 15 is 0 Å². The normalized spacial score (nSPS) is 22.6. The lowest BCUT2D eigenvalue weighted by Gasteiger charge is -2.44. The SMILES string of the molecule is CCCCCCCCCCCCCCN(C(=O)OCCCCCCCCCCCC)[C@@H]1O[C@H](CO)[C@@H](O)[C@H](O)[C@H]1N. The zero-order chi connectivity index (χ0) is 30.1. The van der Waals surface area contributed by atoms with Crippen molar-refractivity contribution in [1.29, 1.82) is 0 Å². The molecule has 0 bridgehead atoms. The number of aliphatic hydroxyl groups is 3. The maximum atomic E-state index is 13.1. The van der Waals surface area contributed by atoms with Gasteiger partial charge in [0.1, 0.15) is 18.3 Å². The molecule has 1 aliphatic heterocycles. The maximum absolute atomic E-state index is 13.1. The van der Waals surface area contributed by atoms with Gasteiger partial charge in [0.25, 0.3) is 0 Å². The van der Waals surface area contributed by atoms with Gasteiger partial charge >= 0.3 is 6.09 Å². The van der Waals surface area contributed by atoms with Crippen molar-refractivity contribution in [2.24, 2.45) is 5.73 Å². The lowest BCUT2D eigenvalue weighted by Crippen LogP contribution is -2.67. The van der Waals surface area contributed by atoms with E-state index in [0.717, 1.165) is 38.5 Å². The van der Waals surface area contributed by atoms with Crippen molar-refractivity contribution in [2.75, 3.05) is 19.8 Å². The van der Waals surface area contributed by atoms with Crippen LogP contribution in [0, 0.1) is 0 Å². The molecule has 0 saturated carbocycles. The number of aliphatic hydroxyl groups excluding tert-OH is 3. The van der Waals surface area contributed by atoms with Gasteiger partial charge in [-0.1, -0.05) is 142 Å². The number of hydrogen-bond acceptors (Lipinski definition) is 7. The summed E-state index contributed by atoms with van der Waals surface area (Å²) in [5.41, 5.74) is 6.20. The quantitative estimate of drug-likeness (QED) is 0.0820.